The number of benzene rings is 2. The molecule has 20 heavy (non-hydrogen) atoms. The number of carboxylic acid groups (broad SMARTS) is 1. The van der Waals surface area contributed by atoms with Gasteiger partial charge in [0, 0.05) is 0 Å². The maximum Gasteiger partial charge on any atom is 0.320 e. The van der Waals surface area contributed by atoms with Crippen LogP contribution in [0.2, 0.25) is 0 Å². The molecule has 0 aromatic heterocycles. The molecule has 0 spiro atoms. The third-order valence-corrected chi connectivity index (χ3v) is 3.86. The van der Waals surface area contributed by atoms with Crippen molar-refractivity contribution in [3.05, 3.63) is 48.0 Å². The summed E-state index contributed by atoms with van der Waals surface area (Å²) in [6, 6.07) is 14.4. The van der Waals surface area contributed by atoms with Crippen molar-refractivity contribution in [1.29, 1.82) is 0 Å². The minimum atomic E-state index is -0.735. The first kappa shape index (κ1) is 14.8. The molecule has 2 N–H and O–H groups in total. The van der Waals surface area contributed by atoms with Gasteiger partial charge in [-0.3, -0.25) is 4.79 Å². The van der Waals surface area contributed by atoms with Crippen molar-refractivity contribution in [3.63, 3.8) is 0 Å². The van der Waals surface area contributed by atoms with Crippen LogP contribution in [-0.4, -0.2) is 23.7 Å². The van der Waals surface area contributed by atoms with E-state index in [1.807, 2.05) is 12.1 Å². The third-order valence-electron chi connectivity index (χ3n) is 3.86. The van der Waals surface area contributed by atoms with Crippen LogP contribution < -0.4 is 5.32 Å². The van der Waals surface area contributed by atoms with E-state index in [4.69, 9.17) is 5.11 Å². The Bertz CT molecular complexity index is 614. The number of fused-ring (bicyclic) bond motifs is 1. The lowest BCUT2D eigenvalue weighted by atomic mass is 9.95. The monoisotopic (exact) mass is 291 g/mol. The van der Waals surface area contributed by atoms with E-state index in [1.54, 1.807) is 0 Å². The predicted molar refractivity (Wildman–Crippen MR) is 82.4 cm³/mol. The van der Waals surface area contributed by atoms with E-state index in [-0.39, 0.29) is 18.4 Å². The van der Waals surface area contributed by atoms with Crippen molar-refractivity contribution in [1.82, 2.24) is 5.32 Å². The average molecular weight is 292 g/mol. The van der Waals surface area contributed by atoms with Gasteiger partial charge in [0.1, 0.15) is 6.04 Å². The molecule has 0 radical (unpaired) electrons. The molecule has 0 bridgehead atoms. The lowest BCUT2D eigenvalue weighted by Gasteiger charge is -2.09. The summed E-state index contributed by atoms with van der Waals surface area (Å²) < 4.78 is 0. The number of rotatable bonds is 3. The molecule has 0 amide bonds. The maximum absolute atomic E-state index is 10.9. The molecule has 2 aromatic carbocycles. The minimum absolute atomic E-state index is 0. The van der Waals surface area contributed by atoms with Crippen molar-refractivity contribution in [2.45, 2.75) is 18.9 Å². The van der Waals surface area contributed by atoms with E-state index in [0.29, 0.717) is 5.92 Å². The van der Waals surface area contributed by atoms with Gasteiger partial charge in [0.25, 0.3) is 0 Å². The van der Waals surface area contributed by atoms with Gasteiger partial charge in [-0.05, 0) is 41.6 Å². The van der Waals surface area contributed by atoms with Gasteiger partial charge >= 0.3 is 5.97 Å². The van der Waals surface area contributed by atoms with Gasteiger partial charge in [0.05, 0.1) is 0 Å². The van der Waals surface area contributed by atoms with E-state index in [2.05, 4.69) is 35.6 Å². The van der Waals surface area contributed by atoms with Crippen LogP contribution in [0.3, 0.4) is 0 Å². The molecule has 3 nitrogen and oxygen atoms in total. The number of carbonyl (C=O) groups is 1. The Balaban J connectivity index is 0.00000147. The van der Waals surface area contributed by atoms with Gasteiger partial charge in [-0.2, -0.15) is 0 Å². The molecular weight excluding hydrogens is 274 g/mol. The molecule has 2 unspecified atom stereocenters. The Morgan fingerprint density at radius 2 is 1.95 bits per heavy atom. The fraction of sp³-hybridized carbons (Fsp3) is 0.312. The number of nitrogens with one attached hydrogen (secondary N) is 1. The second kappa shape index (κ2) is 6.25. The van der Waals surface area contributed by atoms with Gasteiger partial charge in [0.15, 0.2) is 0 Å². The lowest BCUT2D eigenvalue weighted by Crippen LogP contribution is -2.29. The van der Waals surface area contributed by atoms with Crippen molar-refractivity contribution >= 4 is 29.1 Å². The number of carboxylic acids is 1. The topological polar surface area (TPSA) is 49.3 Å². The zero-order valence-corrected chi connectivity index (χ0v) is 11.9. The van der Waals surface area contributed by atoms with Gasteiger partial charge in [-0.1, -0.05) is 42.5 Å². The maximum atomic E-state index is 10.9. The first-order valence-electron chi connectivity index (χ1n) is 6.66. The highest BCUT2D eigenvalue weighted by Crippen LogP contribution is 2.22. The molecule has 0 saturated carbocycles. The number of hydrogen-bond donors (Lipinski definition) is 2. The van der Waals surface area contributed by atoms with Crippen LogP contribution >= 0.6 is 12.4 Å². The summed E-state index contributed by atoms with van der Waals surface area (Å²) in [6.45, 7) is 0.795. The largest absolute Gasteiger partial charge is 0.480 e. The third kappa shape index (κ3) is 3.11. The molecule has 1 saturated heterocycles. The van der Waals surface area contributed by atoms with Crippen LogP contribution in [0.25, 0.3) is 10.8 Å². The molecule has 1 fully saturated rings. The molecule has 1 aliphatic rings. The average Bonchev–Trinajstić information content (AvgIpc) is 2.87. The molecule has 4 heteroatoms. The van der Waals surface area contributed by atoms with E-state index in [0.717, 1.165) is 19.4 Å². The highest BCUT2D eigenvalue weighted by atomic mass is 35.5. The van der Waals surface area contributed by atoms with Gasteiger partial charge in [-0.15, -0.1) is 12.4 Å². The van der Waals surface area contributed by atoms with Gasteiger partial charge in [0.2, 0.25) is 0 Å². The van der Waals surface area contributed by atoms with E-state index in [9.17, 15) is 4.79 Å². The lowest BCUT2D eigenvalue weighted by molar-refractivity contribution is -0.139. The standard InChI is InChI=1S/C16H17NO2.ClH/c18-16(19)15-9-12(10-17-15)7-11-5-6-13-3-1-2-4-14(13)8-11;/h1-6,8,12,15,17H,7,9-10H2,(H,18,19);1H. The van der Waals surface area contributed by atoms with Crippen LogP contribution in [-0.2, 0) is 11.2 Å². The van der Waals surface area contributed by atoms with Gasteiger partial charge < -0.3 is 10.4 Å². The van der Waals surface area contributed by atoms with Crippen molar-refractivity contribution in [3.8, 4) is 0 Å². The van der Waals surface area contributed by atoms with Crippen molar-refractivity contribution in [2.75, 3.05) is 6.54 Å². The Hall–Kier alpha value is -1.58. The molecule has 1 heterocycles. The summed E-state index contributed by atoms with van der Waals surface area (Å²) in [7, 11) is 0. The van der Waals surface area contributed by atoms with Crippen LogP contribution in [0.5, 0.6) is 0 Å². The predicted octanol–water partition coefficient (Wildman–Crippen LogP) is 2.87. The molecule has 0 aliphatic carbocycles. The summed E-state index contributed by atoms with van der Waals surface area (Å²) in [5, 5.41) is 14.5. The highest BCUT2D eigenvalue weighted by molar-refractivity contribution is 5.85. The number of hydrogen-bond acceptors (Lipinski definition) is 2. The Kier molecular flexibility index (Phi) is 4.63. The molecular formula is C16H18ClNO2. The first-order valence-corrected chi connectivity index (χ1v) is 6.66. The normalized spacial score (nSPS) is 21.6. The Morgan fingerprint density at radius 1 is 1.20 bits per heavy atom. The van der Waals surface area contributed by atoms with Gasteiger partial charge in [-0.25, -0.2) is 0 Å². The Labute approximate surface area is 124 Å². The fourth-order valence-corrected chi connectivity index (χ4v) is 2.85. The fourth-order valence-electron chi connectivity index (χ4n) is 2.85. The summed E-state index contributed by atoms with van der Waals surface area (Å²) >= 11 is 0. The minimum Gasteiger partial charge on any atom is -0.480 e. The molecule has 106 valence electrons. The summed E-state index contributed by atoms with van der Waals surface area (Å²) in [6.07, 6.45) is 1.67. The van der Waals surface area contributed by atoms with E-state index in [1.165, 1.54) is 16.3 Å². The van der Waals surface area contributed by atoms with Crippen molar-refractivity contribution < 1.29 is 9.90 Å². The second-order valence-electron chi connectivity index (χ2n) is 5.29. The smallest absolute Gasteiger partial charge is 0.320 e. The number of aliphatic carboxylic acids is 1. The highest BCUT2D eigenvalue weighted by Gasteiger charge is 2.28. The summed E-state index contributed by atoms with van der Waals surface area (Å²) in [5.41, 5.74) is 1.29. The SMILES string of the molecule is Cl.O=C(O)C1CC(Cc2ccc3ccccc3c2)CN1. The summed E-state index contributed by atoms with van der Waals surface area (Å²) in [5.74, 6) is -0.316. The molecule has 2 aromatic rings. The van der Waals surface area contributed by atoms with Crippen molar-refractivity contribution in [2.24, 2.45) is 5.92 Å². The van der Waals surface area contributed by atoms with Crippen LogP contribution in [0.1, 0.15) is 12.0 Å². The molecule has 1 aliphatic heterocycles. The second-order valence-corrected chi connectivity index (χ2v) is 5.29. The summed E-state index contributed by atoms with van der Waals surface area (Å²) in [4.78, 5) is 10.9. The number of halogens is 1. The van der Waals surface area contributed by atoms with E-state index >= 15 is 0 Å². The first-order chi connectivity index (χ1) is 9.22. The van der Waals surface area contributed by atoms with Crippen LogP contribution in [0.15, 0.2) is 42.5 Å². The molecule has 3 rings (SSSR count). The quantitative estimate of drug-likeness (QED) is 0.914. The van der Waals surface area contributed by atoms with E-state index < -0.39 is 5.97 Å². The molecule has 2 atom stereocenters. The zero-order chi connectivity index (χ0) is 13.2. The van der Waals surface area contributed by atoms with Crippen LogP contribution in [0.4, 0.5) is 0 Å². The Morgan fingerprint density at radius 3 is 2.65 bits per heavy atom. The zero-order valence-electron chi connectivity index (χ0n) is 11.1. The van der Waals surface area contributed by atoms with Crippen LogP contribution in [0, 0.1) is 5.92 Å².